The predicted molar refractivity (Wildman–Crippen MR) is 103 cm³/mol. The van der Waals surface area contributed by atoms with Gasteiger partial charge < -0.3 is 5.11 Å². The summed E-state index contributed by atoms with van der Waals surface area (Å²) in [6, 6.07) is 11.9. The molecule has 0 bridgehead atoms. The number of phenolic OH excluding ortho intramolecular Hbond substituents is 1. The van der Waals surface area contributed by atoms with E-state index in [4.69, 9.17) is 0 Å². The van der Waals surface area contributed by atoms with Crippen molar-refractivity contribution in [2.75, 3.05) is 5.43 Å². The molecule has 10 heteroatoms. The normalized spacial score (nSPS) is 11.0. The Bertz CT molecular complexity index is 988. The van der Waals surface area contributed by atoms with Crippen molar-refractivity contribution >= 4 is 29.6 Å². The first-order valence-corrected chi connectivity index (χ1v) is 8.87. The average Bonchev–Trinajstić information content (AvgIpc) is 3.09. The number of non-ortho nitro benzene ring substituents is 1. The summed E-state index contributed by atoms with van der Waals surface area (Å²) in [4.78, 5) is 14.5. The molecule has 0 aliphatic rings. The number of H-pyrrole nitrogens is 1. The first-order valence-electron chi connectivity index (χ1n) is 7.88. The number of aromatic hydroxyl groups is 1. The van der Waals surface area contributed by atoms with Crippen molar-refractivity contribution in [2.45, 2.75) is 17.8 Å². The molecule has 1 heterocycles. The summed E-state index contributed by atoms with van der Waals surface area (Å²) >= 11 is 1.48. The molecule has 3 N–H and O–H groups in total. The van der Waals surface area contributed by atoms with Gasteiger partial charge in [0.1, 0.15) is 5.75 Å². The van der Waals surface area contributed by atoms with Crippen molar-refractivity contribution < 1.29 is 10.0 Å². The maximum Gasteiger partial charge on any atom is 0.270 e. The molecule has 0 aliphatic heterocycles. The van der Waals surface area contributed by atoms with E-state index in [-0.39, 0.29) is 17.0 Å². The summed E-state index contributed by atoms with van der Waals surface area (Å²) in [5.41, 5.74) is 5.10. The molecule has 0 aliphatic carbocycles. The first-order chi connectivity index (χ1) is 13.0. The second-order valence-electron chi connectivity index (χ2n) is 5.61. The van der Waals surface area contributed by atoms with E-state index < -0.39 is 4.92 Å². The number of hydrazone groups is 1. The van der Waals surface area contributed by atoms with Crippen LogP contribution in [0.15, 0.2) is 52.7 Å². The third-order valence-electron chi connectivity index (χ3n) is 3.51. The number of aromatic amines is 1. The van der Waals surface area contributed by atoms with Gasteiger partial charge in [-0.3, -0.25) is 10.1 Å². The van der Waals surface area contributed by atoms with Gasteiger partial charge in [-0.25, -0.2) is 10.5 Å². The van der Waals surface area contributed by atoms with E-state index >= 15 is 0 Å². The molecule has 1 aromatic heterocycles. The Labute approximate surface area is 158 Å². The average molecular weight is 384 g/mol. The molecule has 0 fully saturated rings. The number of hydrogen-bond acceptors (Lipinski definition) is 8. The van der Waals surface area contributed by atoms with Crippen LogP contribution in [0, 0.1) is 17.0 Å². The number of benzene rings is 2. The van der Waals surface area contributed by atoms with Crippen LogP contribution in [0.3, 0.4) is 0 Å². The molecule has 0 spiro atoms. The summed E-state index contributed by atoms with van der Waals surface area (Å²) in [5.74, 6) is 0.949. The topological polar surface area (TPSA) is 129 Å². The van der Waals surface area contributed by atoms with Gasteiger partial charge in [0, 0.05) is 23.4 Å². The SMILES string of the molecule is Cc1cccc(CSc2n[nH]c(N/N=C/c3cc([N+](=O)[O-])ccc3O)n2)c1. The van der Waals surface area contributed by atoms with E-state index in [1.165, 1.54) is 47.3 Å². The largest absolute Gasteiger partial charge is 0.507 e. The number of aromatic nitrogens is 3. The second-order valence-corrected chi connectivity index (χ2v) is 6.56. The fourth-order valence-electron chi connectivity index (χ4n) is 2.23. The predicted octanol–water partition coefficient (Wildman–Crippen LogP) is 3.47. The Morgan fingerprint density at radius 2 is 2.22 bits per heavy atom. The van der Waals surface area contributed by atoms with Crippen molar-refractivity contribution in [3.8, 4) is 5.75 Å². The van der Waals surface area contributed by atoms with Gasteiger partial charge in [0.25, 0.3) is 5.69 Å². The number of phenols is 1. The zero-order valence-corrected chi connectivity index (χ0v) is 15.1. The van der Waals surface area contributed by atoms with Gasteiger partial charge in [-0.05, 0) is 18.6 Å². The zero-order chi connectivity index (χ0) is 19.2. The number of nitro benzene ring substituents is 1. The molecule has 3 aromatic rings. The summed E-state index contributed by atoms with van der Waals surface area (Å²) in [5, 5.41) is 31.8. The minimum atomic E-state index is -0.543. The Hall–Kier alpha value is -3.40. The fraction of sp³-hybridized carbons (Fsp3) is 0.118. The molecule has 9 nitrogen and oxygen atoms in total. The second kappa shape index (κ2) is 8.32. The summed E-state index contributed by atoms with van der Waals surface area (Å²) in [6.07, 6.45) is 1.27. The van der Waals surface area contributed by atoms with Crippen molar-refractivity contribution in [1.82, 2.24) is 15.2 Å². The van der Waals surface area contributed by atoms with Gasteiger partial charge in [0.15, 0.2) is 0 Å². The third kappa shape index (κ3) is 5.05. The molecule has 0 unspecified atom stereocenters. The lowest BCUT2D eigenvalue weighted by Gasteiger charge is -1.99. The van der Waals surface area contributed by atoms with Crippen LogP contribution >= 0.6 is 11.8 Å². The number of hydrogen-bond donors (Lipinski definition) is 3. The quantitative estimate of drug-likeness (QED) is 0.246. The molecular weight excluding hydrogens is 368 g/mol. The van der Waals surface area contributed by atoms with E-state index in [2.05, 4.69) is 31.8 Å². The van der Waals surface area contributed by atoms with Gasteiger partial charge in [0.2, 0.25) is 11.1 Å². The molecule has 0 saturated heterocycles. The van der Waals surface area contributed by atoms with Crippen LogP contribution in [0.2, 0.25) is 0 Å². The number of thioether (sulfide) groups is 1. The van der Waals surface area contributed by atoms with Gasteiger partial charge in [0.05, 0.1) is 11.1 Å². The van der Waals surface area contributed by atoms with Crippen LogP contribution in [0.4, 0.5) is 11.6 Å². The van der Waals surface area contributed by atoms with Gasteiger partial charge >= 0.3 is 0 Å². The summed E-state index contributed by atoms with van der Waals surface area (Å²) < 4.78 is 0. The fourth-order valence-corrected chi connectivity index (χ4v) is 2.97. The van der Waals surface area contributed by atoms with Gasteiger partial charge in [-0.1, -0.05) is 41.6 Å². The standard InChI is InChI=1S/C17H16N6O3S/c1-11-3-2-4-12(7-11)10-27-17-19-16(21-22-17)20-18-9-13-8-14(23(25)26)5-6-15(13)24/h2-9,24H,10H2,1H3,(H2,19,20,21,22)/b18-9+. The molecule has 0 atom stereocenters. The number of anilines is 1. The highest BCUT2D eigenvalue weighted by Gasteiger charge is 2.09. The highest BCUT2D eigenvalue weighted by molar-refractivity contribution is 7.98. The summed E-state index contributed by atoms with van der Waals surface area (Å²) in [7, 11) is 0. The molecule has 0 radical (unpaired) electrons. The lowest BCUT2D eigenvalue weighted by atomic mass is 10.2. The van der Waals surface area contributed by atoms with Crippen LogP contribution in [0.5, 0.6) is 5.75 Å². The first kappa shape index (κ1) is 18.4. The molecular formula is C17H16N6O3S. The third-order valence-corrected chi connectivity index (χ3v) is 4.43. The maximum absolute atomic E-state index is 10.8. The van der Waals surface area contributed by atoms with Crippen LogP contribution in [-0.2, 0) is 5.75 Å². The van der Waals surface area contributed by atoms with Crippen LogP contribution in [0.25, 0.3) is 0 Å². The monoisotopic (exact) mass is 384 g/mol. The van der Waals surface area contributed by atoms with E-state index in [1.807, 2.05) is 25.1 Å². The van der Waals surface area contributed by atoms with Crippen LogP contribution in [0.1, 0.15) is 16.7 Å². The molecule has 27 heavy (non-hydrogen) atoms. The Balaban J connectivity index is 1.59. The lowest BCUT2D eigenvalue weighted by molar-refractivity contribution is -0.384. The van der Waals surface area contributed by atoms with Crippen molar-refractivity contribution in [2.24, 2.45) is 5.10 Å². The number of nitrogens with zero attached hydrogens (tertiary/aromatic N) is 4. The molecule has 0 amide bonds. The van der Waals surface area contributed by atoms with Gasteiger partial charge in [-0.15, -0.1) is 5.10 Å². The molecule has 3 rings (SSSR count). The number of nitro groups is 1. The highest BCUT2D eigenvalue weighted by atomic mass is 32.2. The summed E-state index contributed by atoms with van der Waals surface area (Å²) in [6.45, 7) is 2.04. The van der Waals surface area contributed by atoms with Crippen molar-refractivity contribution in [3.63, 3.8) is 0 Å². The van der Waals surface area contributed by atoms with E-state index in [0.717, 1.165) is 5.75 Å². The minimum Gasteiger partial charge on any atom is -0.507 e. The van der Waals surface area contributed by atoms with E-state index in [1.54, 1.807) is 0 Å². The highest BCUT2D eigenvalue weighted by Crippen LogP contribution is 2.22. The van der Waals surface area contributed by atoms with Crippen LogP contribution in [-0.4, -0.2) is 31.4 Å². The number of nitrogens with one attached hydrogen (secondary N) is 2. The number of rotatable bonds is 7. The van der Waals surface area contributed by atoms with Crippen LogP contribution < -0.4 is 5.43 Å². The molecule has 0 saturated carbocycles. The van der Waals surface area contributed by atoms with E-state index in [0.29, 0.717) is 11.1 Å². The Morgan fingerprint density at radius 1 is 1.37 bits per heavy atom. The lowest BCUT2D eigenvalue weighted by Crippen LogP contribution is -1.94. The maximum atomic E-state index is 10.8. The number of aryl methyl sites for hydroxylation is 1. The van der Waals surface area contributed by atoms with Crippen molar-refractivity contribution in [3.05, 3.63) is 69.3 Å². The Kier molecular flexibility index (Phi) is 5.67. The molecule has 138 valence electrons. The minimum absolute atomic E-state index is 0.113. The Morgan fingerprint density at radius 3 is 3.00 bits per heavy atom. The molecule has 2 aromatic carbocycles. The van der Waals surface area contributed by atoms with Crippen molar-refractivity contribution in [1.29, 1.82) is 0 Å². The zero-order valence-electron chi connectivity index (χ0n) is 14.3. The van der Waals surface area contributed by atoms with E-state index in [9.17, 15) is 15.2 Å². The van der Waals surface area contributed by atoms with Gasteiger partial charge in [-0.2, -0.15) is 10.1 Å². The smallest absolute Gasteiger partial charge is 0.270 e.